The van der Waals surface area contributed by atoms with E-state index >= 15 is 0 Å². The van der Waals surface area contributed by atoms with Gasteiger partial charge in [0.1, 0.15) is 0 Å². The summed E-state index contributed by atoms with van der Waals surface area (Å²) in [6.45, 7) is 1.65. The molecule has 4 nitrogen and oxygen atoms in total. The number of oxime groups is 1. The highest BCUT2D eigenvalue weighted by Crippen LogP contribution is 2.26. The molecule has 0 radical (unpaired) electrons. The van der Waals surface area contributed by atoms with Crippen LogP contribution in [0.15, 0.2) is 27.8 Å². The maximum atomic E-state index is 8.77. The Morgan fingerprint density at radius 3 is 3.06 bits per heavy atom. The number of benzene rings is 1. The number of likely N-dealkylation sites (tertiary alicyclic amines) is 1. The highest BCUT2D eigenvalue weighted by atomic mass is 79.9. The van der Waals surface area contributed by atoms with E-state index in [-0.39, 0.29) is 11.9 Å². The number of nitrogens with zero attached hydrogens (tertiary/aromatic N) is 2. The summed E-state index contributed by atoms with van der Waals surface area (Å²) >= 11 is 9.59. The molecule has 1 atom stereocenters. The maximum absolute atomic E-state index is 8.77. The predicted octanol–water partition coefficient (Wildman–Crippen LogP) is 2.81. The second kappa shape index (κ2) is 5.91. The Hall–Kier alpha value is -0.780. The first-order valence-electron chi connectivity index (χ1n) is 5.77. The van der Waals surface area contributed by atoms with Gasteiger partial charge < -0.3 is 10.9 Å². The van der Waals surface area contributed by atoms with Crippen LogP contribution in [0.4, 0.5) is 0 Å². The molecule has 0 saturated carbocycles. The molecule has 1 aromatic rings. The lowest BCUT2D eigenvalue weighted by Crippen LogP contribution is -2.40. The van der Waals surface area contributed by atoms with Gasteiger partial charge >= 0.3 is 0 Å². The molecule has 98 valence electrons. The summed E-state index contributed by atoms with van der Waals surface area (Å²) in [5.74, 6) is 0.278. The van der Waals surface area contributed by atoms with Crippen molar-refractivity contribution in [1.82, 2.24) is 4.90 Å². The predicted molar refractivity (Wildman–Crippen MR) is 76.0 cm³/mol. The zero-order valence-corrected chi connectivity index (χ0v) is 12.2. The molecule has 3 N–H and O–H groups in total. The fourth-order valence-corrected chi connectivity index (χ4v) is 3.02. The lowest BCUT2D eigenvalue weighted by atomic mass is 10.1. The lowest BCUT2D eigenvalue weighted by Gasteiger charge is -2.23. The van der Waals surface area contributed by atoms with Crippen LogP contribution in [-0.4, -0.2) is 28.5 Å². The lowest BCUT2D eigenvalue weighted by molar-refractivity contribution is 0.275. The van der Waals surface area contributed by atoms with E-state index < -0.39 is 0 Å². The van der Waals surface area contributed by atoms with Crippen LogP contribution in [0.5, 0.6) is 0 Å². The molecule has 0 amide bonds. The molecule has 0 bridgehead atoms. The van der Waals surface area contributed by atoms with E-state index in [1.165, 1.54) is 0 Å². The highest BCUT2D eigenvalue weighted by Gasteiger charge is 2.28. The van der Waals surface area contributed by atoms with Gasteiger partial charge in [0.05, 0.1) is 6.04 Å². The Bertz CT molecular complexity index is 467. The summed E-state index contributed by atoms with van der Waals surface area (Å²) in [5.41, 5.74) is 6.76. The van der Waals surface area contributed by atoms with E-state index in [2.05, 4.69) is 26.0 Å². The van der Waals surface area contributed by atoms with Gasteiger partial charge in [-0.1, -0.05) is 38.8 Å². The number of amidine groups is 1. The maximum Gasteiger partial charge on any atom is 0.156 e. The number of hydrogen-bond acceptors (Lipinski definition) is 3. The minimum absolute atomic E-state index is 0.00899. The molecule has 1 aliphatic rings. The molecule has 0 spiro atoms. The highest BCUT2D eigenvalue weighted by molar-refractivity contribution is 9.10. The molecular formula is C12H15BrClN3O. The monoisotopic (exact) mass is 331 g/mol. The van der Waals surface area contributed by atoms with Gasteiger partial charge in [-0.2, -0.15) is 0 Å². The van der Waals surface area contributed by atoms with Crippen LogP contribution in [0.3, 0.4) is 0 Å². The zero-order valence-electron chi connectivity index (χ0n) is 9.81. The number of hydrogen-bond donors (Lipinski definition) is 2. The van der Waals surface area contributed by atoms with E-state index in [9.17, 15) is 0 Å². The van der Waals surface area contributed by atoms with Crippen molar-refractivity contribution < 1.29 is 5.21 Å². The second-order valence-electron chi connectivity index (χ2n) is 4.39. The largest absolute Gasteiger partial charge is 0.409 e. The van der Waals surface area contributed by atoms with Crippen LogP contribution in [0.25, 0.3) is 0 Å². The molecule has 2 rings (SSSR count). The summed E-state index contributed by atoms with van der Waals surface area (Å²) in [6.07, 6.45) is 1.97. The Morgan fingerprint density at radius 2 is 2.39 bits per heavy atom. The SMILES string of the molecule is N/C(=N/O)C1CCCN1Cc1ccc(Br)cc1Cl. The topological polar surface area (TPSA) is 61.9 Å². The zero-order chi connectivity index (χ0) is 13.1. The Kier molecular flexibility index (Phi) is 4.48. The standard InChI is InChI=1S/C12H15BrClN3O/c13-9-4-3-8(10(14)6-9)7-17-5-1-2-11(17)12(15)16-18/h3-4,6,11,18H,1-2,5,7H2,(H2,15,16). The van der Waals surface area contributed by atoms with Crippen molar-refractivity contribution in [3.63, 3.8) is 0 Å². The molecule has 1 aromatic carbocycles. The summed E-state index contributed by atoms with van der Waals surface area (Å²) in [5, 5.41) is 12.6. The number of nitrogens with two attached hydrogens (primary N) is 1. The van der Waals surface area contributed by atoms with Crippen molar-refractivity contribution in [2.75, 3.05) is 6.54 Å². The van der Waals surface area contributed by atoms with E-state index in [0.29, 0.717) is 6.54 Å². The third-order valence-corrected chi connectivity index (χ3v) is 4.05. The van der Waals surface area contributed by atoms with Gasteiger partial charge in [-0.3, -0.25) is 4.90 Å². The summed E-state index contributed by atoms with van der Waals surface area (Å²) in [6, 6.07) is 5.85. The van der Waals surface area contributed by atoms with E-state index in [1.807, 2.05) is 18.2 Å². The van der Waals surface area contributed by atoms with E-state index in [4.69, 9.17) is 22.5 Å². The average Bonchev–Trinajstić information content (AvgIpc) is 2.80. The van der Waals surface area contributed by atoms with Gasteiger partial charge in [0.2, 0.25) is 0 Å². The molecule has 18 heavy (non-hydrogen) atoms. The van der Waals surface area contributed by atoms with Crippen LogP contribution < -0.4 is 5.73 Å². The van der Waals surface area contributed by atoms with Crippen molar-refractivity contribution in [3.05, 3.63) is 33.3 Å². The first kappa shape index (κ1) is 13.6. The summed E-state index contributed by atoms with van der Waals surface area (Å²) in [4.78, 5) is 2.18. The molecular weight excluding hydrogens is 318 g/mol. The third kappa shape index (κ3) is 2.96. The molecule has 1 saturated heterocycles. The normalized spacial score (nSPS) is 21.4. The van der Waals surface area contributed by atoms with Gasteiger partial charge in [0.15, 0.2) is 5.84 Å². The Labute approximate surface area is 120 Å². The van der Waals surface area contributed by atoms with Crippen molar-refractivity contribution >= 4 is 33.4 Å². The third-order valence-electron chi connectivity index (χ3n) is 3.21. The molecule has 1 aliphatic heterocycles. The molecule has 6 heteroatoms. The van der Waals surface area contributed by atoms with Crippen LogP contribution >= 0.6 is 27.5 Å². The quantitative estimate of drug-likeness (QED) is 0.387. The van der Waals surface area contributed by atoms with Crippen molar-refractivity contribution in [3.8, 4) is 0 Å². The summed E-state index contributed by atoms with van der Waals surface area (Å²) < 4.78 is 0.964. The second-order valence-corrected chi connectivity index (χ2v) is 5.71. The first-order valence-corrected chi connectivity index (χ1v) is 6.94. The van der Waals surface area contributed by atoms with Crippen LogP contribution in [0, 0.1) is 0 Å². The molecule has 0 aliphatic carbocycles. The smallest absolute Gasteiger partial charge is 0.156 e. The van der Waals surface area contributed by atoms with Gasteiger partial charge in [-0.05, 0) is 37.1 Å². The van der Waals surface area contributed by atoms with Crippen LogP contribution in [-0.2, 0) is 6.54 Å². The van der Waals surface area contributed by atoms with Crippen molar-refractivity contribution in [2.45, 2.75) is 25.4 Å². The molecule has 1 unspecified atom stereocenters. The summed E-state index contributed by atoms with van der Waals surface area (Å²) in [7, 11) is 0. The van der Waals surface area contributed by atoms with E-state index in [0.717, 1.165) is 34.4 Å². The molecule has 0 aromatic heterocycles. The molecule has 1 fully saturated rings. The fourth-order valence-electron chi connectivity index (χ4n) is 2.29. The van der Waals surface area contributed by atoms with Crippen molar-refractivity contribution in [1.29, 1.82) is 0 Å². The van der Waals surface area contributed by atoms with Gasteiger partial charge in [-0.25, -0.2) is 0 Å². The van der Waals surface area contributed by atoms with Gasteiger partial charge in [0, 0.05) is 16.0 Å². The number of rotatable bonds is 3. The number of halogens is 2. The van der Waals surface area contributed by atoms with E-state index in [1.54, 1.807) is 0 Å². The Morgan fingerprint density at radius 1 is 1.61 bits per heavy atom. The Balaban J connectivity index is 2.13. The van der Waals surface area contributed by atoms with Crippen LogP contribution in [0.2, 0.25) is 5.02 Å². The van der Waals surface area contributed by atoms with Crippen LogP contribution in [0.1, 0.15) is 18.4 Å². The minimum Gasteiger partial charge on any atom is -0.409 e. The fraction of sp³-hybridized carbons (Fsp3) is 0.417. The van der Waals surface area contributed by atoms with Crippen molar-refractivity contribution in [2.24, 2.45) is 10.9 Å². The minimum atomic E-state index is 0.00899. The van der Waals surface area contributed by atoms with Gasteiger partial charge in [0.25, 0.3) is 0 Å². The average molecular weight is 333 g/mol. The van der Waals surface area contributed by atoms with Gasteiger partial charge in [-0.15, -0.1) is 0 Å². The molecule has 1 heterocycles. The first-order chi connectivity index (χ1) is 8.61.